The largest absolute Gasteiger partial charge is 0.494 e. The van der Waals surface area contributed by atoms with Crippen LogP contribution in [0.15, 0.2) is 12.3 Å². The molecule has 1 aliphatic carbocycles. The summed E-state index contributed by atoms with van der Waals surface area (Å²) in [4.78, 5) is 6.29. The first-order valence-electron chi connectivity index (χ1n) is 6.10. The maximum Gasteiger partial charge on any atom is 0.182 e. The van der Waals surface area contributed by atoms with E-state index in [1.54, 1.807) is 6.20 Å². The van der Waals surface area contributed by atoms with Crippen LogP contribution in [0, 0.1) is 23.2 Å². The third-order valence-electron chi connectivity index (χ3n) is 3.99. The monoisotopic (exact) mass is 245 g/mol. The van der Waals surface area contributed by atoms with Gasteiger partial charge in [0, 0.05) is 12.6 Å². The van der Waals surface area contributed by atoms with Crippen LogP contribution in [0.25, 0.3) is 0 Å². The van der Waals surface area contributed by atoms with Crippen molar-refractivity contribution < 1.29 is 9.84 Å². The summed E-state index contributed by atoms with van der Waals surface area (Å²) < 4.78 is 5.17. The molecule has 18 heavy (non-hydrogen) atoms. The van der Waals surface area contributed by atoms with Crippen LogP contribution >= 0.6 is 0 Å². The Hall–Kier alpha value is -1.80. The number of nitrogens with zero attached hydrogens (tertiary/aromatic N) is 3. The van der Waals surface area contributed by atoms with Crippen LogP contribution in [0.2, 0.25) is 0 Å². The summed E-state index contributed by atoms with van der Waals surface area (Å²) in [6, 6.07) is 4.02. The third-order valence-corrected chi connectivity index (χ3v) is 3.99. The molecular formula is C13H15N3O2. The number of rotatable bonds is 3. The Kier molecular flexibility index (Phi) is 2.60. The maximum absolute atomic E-state index is 9.48. The van der Waals surface area contributed by atoms with E-state index in [0.29, 0.717) is 23.3 Å². The molecule has 3 atom stereocenters. The van der Waals surface area contributed by atoms with Crippen molar-refractivity contribution >= 4 is 5.69 Å². The van der Waals surface area contributed by atoms with E-state index in [-0.39, 0.29) is 12.6 Å². The average Bonchev–Trinajstić information content (AvgIpc) is 3.09. The van der Waals surface area contributed by atoms with Crippen molar-refractivity contribution in [2.45, 2.75) is 12.5 Å². The second-order valence-electron chi connectivity index (χ2n) is 4.92. The molecule has 1 aromatic heterocycles. The van der Waals surface area contributed by atoms with Gasteiger partial charge in [0.1, 0.15) is 6.07 Å². The molecule has 3 rings (SSSR count). The molecule has 1 aromatic rings. The molecule has 0 aromatic carbocycles. The summed E-state index contributed by atoms with van der Waals surface area (Å²) in [5.74, 6) is 1.83. The van der Waals surface area contributed by atoms with E-state index in [1.807, 2.05) is 12.1 Å². The van der Waals surface area contributed by atoms with Crippen LogP contribution in [0.5, 0.6) is 5.75 Å². The van der Waals surface area contributed by atoms with Gasteiger partial charge in [-0.05, 0) is 18.3 Å². The normalized spacial score (nSPS) is 28.7. The number of piperidine rings is 1. The lowest BCUT2D eigenvalue weighted by Crippen LogP contribution is -2.35. The molecule has 0 radical (unpaired) electrons. The van der Waals surface area contributed by atoms with Gasteiger partial charge in [0.05, 0.1) is 31.6 Å². The highest BCUT2D eigenvalue weighted by Crippen LogP contribution is 2.50. The van der Waals surface area contributed by atoms with Gasteiger partial charge >= 0.3 is 0 Å². The van der Waals surface area contributed by atoms with Crippen LogP contribution in [-0.2, 0) is 0 Å². The number of aliphatic hydroxyl groups excluding tert-OH is 1. The van der Waals surface area contributed by atoms with Crippen molar-refractivity contribution in [2.75, 3.05) is 25.2 Å². The fourth-order valence-electron chi connectivity index (χ4n) is 2.93. The fourth-order valence-corrected chi connectivity index (χ4v) is 2.93. The van der Waals surface area contributed by atoms with Crippen molar-refractivity contribution in [1.82, 2.24) is 4.98 Å². The van der Waals surface area contributed by atoms with Crippen LogP contribution in [-0.4, -0.2) is 36.4 Å². The number of methoxy groups -OCH3 is 1. The number of pyridine rings is 1. The van der Waals surface area contributed by atoms with Gasteiger partial charge in [-0.15, -0.1) is 0 Å². The second kappa shape index (κ2) is 4.14. The first-order chi connectivity index (χ1) is 8.78. The van der Waals surface area contributed by atoms with Crippen LogP contribution < -0.4 is 9.64 Å². The quantitative estimate of drug-likeness (QED) is 0.852. The Bertz CT molecular complexity index is 511. The smallest absolute Gasteiger partial charge is 0.182 e. The summed E-state index contributed by atoms with van der Waals surface area (Å²) in [5, 5.41) is 18.4. The van der Waals surface area contributed by atoms with Gasteiger partial charge in [0.25, 0.3) is 0 Å². The van der Waals surface area contributed by atoms with E-state index in [2.05, 4.69) is 9.88 Å². The van der Waals surface area contributed by atoms with E-state index in [1.165, 1.54) is 13.5 Å². The molecule has 1 saturated heterocycles. The standard InChI is InChI=1S/C13H15N3O2/c1-18-13-3-9(5-15-11(13)4-14)16-6-8-2-10(8)12(16)7-17/h3,5,8,10,12,17H,2,6-7H2,1H3/t8-,10?,12-/m0/s1. The topological polar surface area (TPSA) is 69.4 Å². The molecule has 2 fully saturated rings. The predicted molar refractivity (Wildman–Crippen MR) is 65.3 cm³/mol. The zero-order valence-corrected chi connectivity index (χ0v) is 10.2. The van der Waals surface area contributed by atoms with Gasteiger partial charge in [0.15, 0.2) is 11.4 Å². The molecule has 0 bridgehead atoms. The first kappa shape index (κ1) is 11.3. The van der Waals surface area contributed by atoms with Crippen molar-refractivity contribution in [2.24, 2.45) is 11.8 Å². The summed E-state index contributed by atoms with van der Waals surface area (Å²) in [6.07, 6.45) is 2.91. The molecule has 1 aliphatic heterocycles. The molecule has 1 unspecified atom stereocenters. The highest BCUT2D eigenvalue weighted by molar-refractivity contribution is 5.55. The number of hydrogen-bond donors (Lipinski definition) is 1. The lowest BCUT2D eigenvalue weighted by molar-refractivity contribution is 0.256. The number of anilines is 1. The van der Waals surface area contributed by atoms with E-state index in [0.717, 1.165) is 12.2 Å². The Morgan fingerprint density at radius 1 is 1.67 bits per heavy atom. The molecule has 2 aliphatic rings. The lowest BCUT2D eigenvalue weighted by Gasteiger charge is -2.28. The van der Waals surface area contributed by atoms with Gasteiger partial charge in [-0.2, -0.15) is 5.26 Å². The summed E-state index contributed by atoms with van der Waals surface area (Å²) in [5.41, 5.74) is 1.23. The van der Waals surface area contributed by atoms with Gasteiger partial charge in [0.2, 0.25) is 0 Å². The number of fused-ring (bicyclic) bond motifs is 1. The SMILES string of the molecule is COc1cc(N2C[C@@H]3CC3[C@@H]2CO)cnc1C#N. The predicted octanol–water partition coefficient (Wildman–Crippen LogP) is 0.779. The number of nitriles is 1. The van der Waals surface area contributed by atoms with E-state index in [4.69, 9.17) is 10.00 Å². The highest BCUT2D eigenvalue weighted by Gasteiger charge is 2.52. The number of aliphatic hydroxyl groups is 1. The molecule has 0 spiro atoms. The molecule has 2 heterocycles. The Labute approximate surface area is 106 Å². The number of aromatic nitrogens is 1. The van der Waals surface area contributed by atoms with E-state index in [9.17, 15) is 5.11 Å². The van der Waals surface area contributed by atoms with Crippen molar-refractivity contribution in [3.8, 4) is 11.8 Å². The van der Waals surface area contributed by atoms with E-state index >= 15 is 0 Å². The van der Waals surface area contributed by atoms with Crippen molar-refractivity contribution in [3.63, 3.8) is 0 Å². The molecule has 1 N–H and O–H groups in total. The summed E-state index contributed by atoms with van der Waals surface area (Å²) >= 11 is 0. The Morgan fingerprint density at radius 2 is 2.50 bits per heavy atom. The summed E-state index contributed by atoms with van der Waals surface area (Å²) in [6.45, 7) is 1.14. The molecule has 5 heteroatoms. The molecule has 94 valence electrons. The molecule has 1 saturated carbocycles. The third kappa shape index (κ3) is 1.61. The minimum atomic E-state index is 0.170. The average molecular weight is 245 g/mol. The minimum Gasteiger partial charge on any atom is -0.494 e. The summed E-state index contributed by atoms with van der Waals surface area (Å²) in [7, 11) is 1.53. The maximum atomic E-state index is 9.48. The van der Waals surface area contributed by atoms with Gasteiger partial charge in [-0.3, -0.25) is 0 Å². The molecule has 0 amide bonds. The van der Waals surface area contributed by atoms with Gasteiger partial charge in [-0.1, -0.05) is 0 Å². The highest BCUT2D eigenvalue weighted by atomic mass is 16.5. The van der Waals surface area contributed by atoms with Crippen molar-refractivity contribution in [3.05, 3.63) is 18.0 Å². The number of ether oxygens (including phenoxy) is 1. The zero-order valence-electron chi connectivity index (χ0n) is 10.2. The molecule has 5 nitrogen and oxygen atoms in total. The zero-order chi connectivity index (χ0) is 12.7. The molecular weight excluding hydrogens is 230 g/mol. The van der Waals surface area contributed by atoms with Crippen LogP contribution in [0.1, 0.15) is 12.1 Å². The van der Waals surface area contributed by atoms with Crippen molar-refractivity contribution in [1.29, 1.82) is 5.26 Å². The van der Waals surface area contributed by atoms with Gasteiger partial charge < -0.3 is 14.7 Å². The first-order valence-corrected chi connectivity index (χ1v) is 6.10. The van der Waals surface area contributed by atoms with Crippen LogP contribution in [0.4, 0.5) is 5.69 Å². The van der Waals surface area contributed by atoms with Gasteiger partial charge in [-0.25, -0.2) is 4.98 Å². The van der Waals surface area contributed by atoms with E-state index < -0.39 is 0 Å². The fraction of sp³-hybridized carbons (Fsp3) is 0.538. The second-order valence-corrected chi connectivity index (χ2v) is 4.92. The van der Waals surface area contributed by atoms with Crippen LogP contribution in [0.3, 0.4) is 0 Å². The Morgan fingerprint density at radius 3 is 3.17 bits per heavy atom. The Balaban J connectivity index is 1.91. The minimum absolute atomic E-state index is 0.170. The lowest BCUT2D eigenvalue weighted by atomic mass is 10.2. The number of hydrogen-bond acceptors (Lipinski definition) is 5.